The Hall–Kier alpha value is -4.20. The number of nitrogens with zero attached hydrogens (tertiary/aromatic N) is 3. The first-order chi connectivity index (χ1) is 14.5. The number of imidazole rings is 1. The predicted molar refractivity (Wildman–Crippen MR) is 112 cm³/mol. The third kappa shape index (κ3) is 2.95. The molecular formula is C22H17FN6O. The van der Waals surface area contributed by atoms with Crippen molar-refractivity contribution < 1.29 is 9.18 Å². The lowest BCUT2D eigenvalue weighted by atomic mass is 10.1. The Morgan fingerprint density at radius 1 is 1.10 bits per heavy atom. The molecule has 148 valence electrons. The van der Waals surface area contributed by atoms with Crippen molar-refractivity contribution in [3.63, 3.8) is 0 Å². The molecule has 0 spiro atoms. The zero-order valence-corrected chi connectivity index (χ0v) is 16.0. The van der Waals surface area contributed by atoms with Crippen molar-refractivity contribution in [3.05, 3.63) is 83.8 Å². The van der Waals surface area contributed by atoms with E-state index in [0.717, 1.165) is 33.7 Å². The minimum Gasteiger partial charge on any atom is -0.383 e. The molecule has 0 saturated heterocycles. The van der Waals surface area contributed by atoms with Crippen LogP contribution < -0.4 is 5.73 Å². The van der Waals surface area contributed by atoms with Crippen molar-refractivity contribution in [2.45, 2.75) is 6.92 Å². The molecule has 0 aliphatic carbocycles. The van der Waals surface area contributed by atoms with Gasteiger partial charge in [-0.15, -0.1) is 0 Å². The Balaban J connectivity index is 1.47. The van der Waals surface area contributed by atoms with E-state index in [1.165, 1.54) is 23.0 Å². The van der Waals surface area contributed by atoms with Crippen molar-refractivity contribution in [2.24, 2.45) is 0 Å². The van der Waals surface area contributed by atoms with Crippen LogP contribution in [0.5, 0.6) is 0 Å². The number of ketones is 1. The van der Waals surface area contributed by atoms with E-state index in [-0.39, 0.29) is 17.4 Å². The summed E-state index contributed by atoms with van der Waals surface area (Å²) in [6, 6.07) is 13.4. The molecule has 3 aromatic heterocycles. The number of H-pyrrole nitrogens is 2. The number of aromatic nitrogens is 5. The number of halogens is 1. The molecule has 7 nitrogen and oxygen atoms in total. The molecule has 4 N–H and O–H groups in total. The molecule has 0 aliphatic rings. The van der Waals surface area contributed by atoms with Crippen LogP contribution >= 0.6 is 0 Å². The van der Waals surface area contributed by atoms with Gasteiger partial charge in [0.1, 0.15) is 17.5 Å². The molecule has 2 aromatic carbocycles. The number of rotatable bonds is 4. The number of carbonyl (C=O) groups is 1. The molecule has 0 bridgehead atoms. The number of anilines is 1. The number of fused-ring (bicyclic) bond motifs is 1. The molecule has 0 radical (unpaired) electrons. The van der Waals surface area contributed by atoms with Crippen LogP contribution in [0.4, 0.5) is 10.2 Å². The van der Waals surface area contributed by atoms with Gasteiger partial charge in [-0.3, -0.25) is 4.79 Å². The van der Waals surface area contributed by atoms with Crippen LogP contribution in [0.15, 0.2) is 60.9 Å². The van der Waals surface area contributed by atoms with Crippen LogP contribution in [0.1, 0.15) is 21.9 Å². The summed E-state index contributed by atoms with van der Waals surface area (Å²) >= 11 is 0. The zero-order valence-electron chi connectivity index (χ0n) is 16.0. The number of nitrogens with one attached hydrogen (secondary N) is 2. The second-order valence-electron chi connectivity index (χ2n) is 7.02. The smallest absolute Gasteiger partial charge is 0.214 e. The molecule has 5 rings (SSSR count). The Morgan fingerprint density at radius 3 is 2.70 bits per heavy atom. The van der Waals surface area contributed by atoms with Gasteiger partial charge in [0.2, 0.25) is 5.78 Å². The lowest BCUT2D eigenvalue weighted by molar-refractivity contribution is 0.103. The lowest BCUT2D eigenvalue weighted by Gasteiger charge is -2.05. The van der Waals surface area contributed by atoms with E-state index in [1.807, 2.05) is 25.1 Å². The summed E-state index contributed by atoms with van der Waals surface area (Å²) < 4.78 is 14.7. The average molecular weight is 400 g/mol. The zero-order chi connectivity index (χ0) is 20.8. The van der Waals surface area contributed by atoms with Gasteiger partial charge in [-0.2, -0.15) is 5.10 Å². The van der Waals surface area contributed by atoms with E-state index >= 15 is 0 Å². The number of benzene rings is 2. The van der Waals surface area contributed by atoms with Crippen LogP contribution in [-0.2, 0) is 0 Å². The Bertz CT molecular complexity index is 1390. The maximum absolute atomic E-state index is 13.1. The first kappa shape index (κ1) is 17.9. The van der Waals surface area contributed by atoms with E-state index < -0.39 is 0 Å². The van der Waals surface area contributed by atoms with Crippen LogP contribution in [0.2, 0.25) is 0 Å². The number of nitrogens with two attached hydrogens (primary N) is 1. The minimum absolute atomic E-state index is 0.244. The monoisotopic (exact) mass is 400 g/mol. The summed E-state index contributed by atoms with van der Waals surface area (Å²) in [4.78, 5) is 23.5. The molecule has 0 aliphatic heterocycles. The molecule has 0 fully saturated rings. The number of aromatic amines is 2. The van der Waals surface area contributed by atoms with Crippen molar-refractivity contribution in [1.82, 2.24) is 24.7 Å². The van der Waals surface area contributed by atoms with Gasteiger partial charge in [-0.05, 0) is 54.4 Å². The van der Waals surface area contributed by atoms with Gasteiger partial charge in [0.25, 0.3) is 0 Å². The van der Waals surface area contributed by atoms with Crippen LogP contribution in [-0.4, -0.2) is 30.5 Å². The summed E-state index contributed by atoms with van der Waals surface area (Å²) in [5.41, 5.74) is 10.9. The largest absolute Gasteiger partial charge is 0.383 e. The topological polar surface area (TPSA) is 105 Å². The second-order valence-corrected chi connectivity index (χ2v) is 7.02. The molecule has 30 heavy (non-hydrogen) atoms. The quantitative estimate of drug-likeness (QED) is 0.397. The summed E-state index contributed by atoms with van der Waals surface area (Å²) in [7, 11) is 0. The summed E-state index contributed by atoms with van der Waals surface area (Å²) in [5, 5.41) is 4.30. The standard InChI is InChI=1S/C22H17FN6O/c1-12-27-18-7-6-16(9-19(18)28-12)29-22(24)17(11-26-29)21(30)20-8-14(10-25-20)13-2-4-15(23)5-3-13/h2-11,25H,24H2,1H3,(H,27,28). The number of nitrogen functional groups attached to an aromatic ring is 1. The van der Waals surface area contributed by atoms with Crippen molar-refractivity contribution in [2.75, 3.05) is 5.73 Å². The highest BCUT2D eigenvalue weighted by Crippen LogP contribution is 2.25. The summed E-state index contributed by atoms with van der Waals surface area (Å²) in [5.74, 6) is 0.475. The van der Waals surface area contributed by atoms with Gasteiger partial charge in [-0.25, -0.2) is 14.1 Å². The van der Waals surface area contributed by atoms with Crippen molar-refractivity contribution in [3.8, 4) is 16.8 Å². The molecule has 0 unspecified atom stereocenters. The maximum atomic E-state index is 13.1. The normalized spacial score (nSPS) is 11.3. The van der Waals surface area contributed by atoms with Gasteiger partial charge in [-0.1, -0.05) is 12.1 Å². The number of hydrogen-bond acceptors (Lipinski definition) is 4. The molecule has 5 aromatic rings. The molecule has 0 saturated carbocycles. The fourth-order valence-electron chi connectivity index (χ4n) is 3.48. The number of hydrogen-bond donors (Lipinski definition) is 3. The average Bonchev–Trinajstić information content (AvgIpc) is 3.45. The van der Waals surface area contributed by atoms with Gasteiger partial charge in [0.05, 0.1) is 34.2 Å². The fraction of sp³-hybridized carbons (Fsp3) is 0.0455. The van der Waals surface area contributed by atoms with Gasteiger partial charge < -0.3 is 15.7 Å². The van der Waals surface area contributed by atoms with E-state index in [9.17, 15) is 9.18 Å². The second kappa shape index (κ2) is 6.70. The fourth-order valence-corrected chi connectivity index (χ4v) is 3.48. The Kier molecular flexibility index (Phi) is 3.99. The summed E-state index contributed by atoms with van der Waals surface area (Å²) in [6.07, 6.45) is 3.16. The Morgan fingerprint density at radius 2 is 1.90 bits per heavy atom. The third-order valence-corrected chi connectivity index (χ3v) is 4.98. The van der Waals surface area contributed by atoms with Crippen LogP contribution in [0.3, 0.4) is 0 Å². The molecule has 3 heterocycles. The van der Waals surface area contributed by atoms with E-state index in [1.54, 1.807) is 24.4 Å². The number of carbonyl (C=O) groups excluding carboxylic acids is 1. The highest BCUT2D eigenvalue weighted by Gasteiger charge is 2.20. The van der Waals surface area contributed by atoms with Crippen molar-refractivity contribution >= 4 is 22.6 Å². The molecule has 0 amide bonds. The van der Waals surface area contributed by atoms with Crippen molar-refractivity contribution in [1.29, 1.82) is 0 Å². The lowest BCUT2D eigenvalue weighted by Crippen LogP contribution is -2.07. The first-order valence-corrected chi connectivity index (χ1v) is 9.29. The first-order valence-electron chi connectivity index (χ1n) is 9.29. The van der Waals surface area contributed by atoms with E-state index in [0.29, 0.717) is 11.3 Å². The highest BCUT2D eigenvalue weighted by molar-refractivity contribution is 6.11. The van der Waals surface area contributed by atoms with Gasteiger partial charge >= 0.3 is 0 Å². The SMILES string of the molecule is Cc1nc2ccc(-n3ncc(C(=O)c4cc(-c5ccc(F)cc5)c[nH]4)c3N)cc2[nH]1. The van der Waals surface area contributed by atoms with E-state index in [2.05, 4.69) is 20.1 Å². The van der Waals surface area contributed by atoms with Gasteiger partial charge in [0, 0.05) is 6.20 Å². The third-order valence-electron chi connectivity index (χ3n) is 4.98. The highest BCUT2D eigenvalue weighted by atomic mass is 19.1. The number of aryl methyl sites for hydroxylation is 1. The maximum Gasteiger partial charge on any atom is 0.214 e. The predicted octanol–water partition coefficient (Wildman–Crippen LogP) is 4.00. The van der Waals surface area contributed by atoms with Gasteiger partial charge in [0.15, 0.2) is 0 Å². The molecule has 0 atom stereocenters. The summed E-state index contributed by atoms with van der Waals surface area (Å²) in [6.45, 7) is 1.88. The Labute approximate surface area is 170 Å². The molecule has 8 heteroatoms. The molecular weight excluding hydrogens is 383 g/mol. The minimum atomic E-state index is -0.311. The van der Waals surface area contributed by atoms with Crippen LogP contribution in [0.25, 0.3) is 27.8 Å². The van der Waals surface area contributed by atoms with E-state index in [4.69, 9.17) is 5.73 Å². The van der Waals surface area contributed by atoms with Crippen LogP contribution in [0, 0.1) is 12.7 Å².